The molecule has 3 aromatic rings. The fourth-order valence-corrected chi connectivity index (χ4v) is 3.61. The van der Waals surface area contributed by atoms with Crippen molar-refractivity contribution in [1.29, 1.82) is 0 Å². The summed E-state index contributed by atoms with van der Waals surface area (Å²) in [5, 5.41) is 2.55. The predicted octanol–water partition coefficient (Wildman–Crippen LogP) is 4.56. The minimum absolute atomic E-state index is 0.0853. The van der Waals surface area contributed by atoms with Crippen LogP contribution in [0.1, 0.15) is 47.9 Å². The van der Waals surface area contributed by atoms with Crippen molar-refractivity contribution in [1.82, 2.24) is 10.3 Å². The van der Waals surface area contributed by atoms with E-state index >= 15 is 0 Å². The Morgan fingerprint density at radius 3 is 2.55 bits per heavy atom. The molecule has 0 aliphatic heterocycles. The summed E-state index contributed by atoms with van der Waals surface area (Å²) < 4.78 is 63.5. The van der Waals surface area contributed by atoms with E-state index in [9.17, 15) is 22.0 Å². The quantitative estimate of drug-likeness (QED) is 0.466. The molecule has 0 fully saturated rings. The standard InChI is InChI=1S/C22H23F2N3O5S/c1-4-6-14-7-5-8-16(9-14)32-22-26-19(12-31-22)21(28)25-13(2)15-10-17(23)20(18(24)11-15)27-33(3,29)30/h5,7-13,27H,4,6H2,1-3H3,(H,25,28)/t13-/m1/s1. The van der Waals surface area contributed by atoms with Crippen molar-refractivity contribution in [2.24, 2.45) is 0 Å². The van der Waals surface area contributed by atoms with E-state index in [4.69, 9.17) is 9.15 Å². The lowest BCUT2D eigenvalue weighted by Crippen LogP contribution is -2.27. The second-order valence-corrected chi connectivity index (χ2v) is 9.18. The molecule has 0 saturated carbocycles. The Bertz CT molecular complexity index is 1240. The molecule has 0 radical (unpaired) electrons. The summed E-state index contributed by atoms with van der Waals surface area (Å²) in [5.41, 5.74) is 0.301. The zero-order valence-electron chi connectivity index (χ0n) is 18.2. The fourth-order valence-electron chi connectivity index (χ4n) is 3.04. The first-order valence-corrected chi connectivity index (χ1v) is 11.9. The highest BCUT2D eigenvalue weighted by Gasteiger charge is 2.20. The Kier molecular flexibility index (Phi) is 7.32. The summed E-state index contributed by atoms with van der Waals surface area (Å²) in [6.45, 7) is 3.57. The summed E-state index contributed by atoms with van der Waals surface area (Å²) in [4.78, 5) is 16.5. The molecule has 33 heavy (non-hydrogen) atoms. The topological polar surface area (TPSA) is 111 Å². The van der Waals surface area contributed by atoms with Gasteiger partial charge in [0.25, 0.3) is 5.91 Å². The number of hydrogen-bond acceptors (Lipinski definition) is 6. The Morgan fingerprint density at radius 1 is 1.21 bits per heavy atom. The Labute approximate surface area is 190 Å². The summed E-state index contributed by atoms with van der Waals surface area (Å²) in [6, 6.07) is 8.44. The van der Waals surface area contributed by atoms with Gasteiger partial charge in [-0.15, -0.1) is 0 Å². The number of halogens is 2. The average molecular weight is 480 g/mol. The van der Waals surface area contributed by atoms with E-state index in [0.29, 0.717) is 5.75 Å². The van der Waals surface area contributed by atoms with Crippen LogP contribution in [-0.2, 0) is 16.4 Å². The van der Waals surface area contributed by atoms with Crippen LogP contribution in [0.15, 0.2) is 47.1 Å². The number of carbonyl (C=O) groups excluding carboxylic acids is 1. The van der Waals surface area contributed by atoms with Gasteiger partial charge >= 0.3 is 6.08 Å². The highest BCUT2D eigenvalue weighted by molar-refractivity contribution is 7.92. The molecule has 176 valence electrons. The summed E-state index contributed by atoms with van der Waals surface area (Å²) >= 11 is 0. The lowest BCUT2D eigenvalue weighted by atomic mass is 10.1. The van der Waals surface area contributed by atoms with Gasteiger partial charge in [0.1, 0.15) is 17.7 Å². The van der Waals surface area contributed by atoms with E-state index < -0.39 is 39.3 Å². The van der Waals surface area contributed by atoms with Crippen molar-refractivity contribution in [2.75, 3.05) is 11.0 Å². The molecule has 0 aliphatic carbocycles. The van der Waals surface area contributed by atoms with Crippen molar-refractivity contribution in [2.45, 2.75) is 32.7 Å². The first kappa shape index (κ1) is 24.2. The number of amides is 1. The van der Waals surface area contributed by atoms with Crippen molar-refractivity contribution in [3.05, 3.63) is 71.1 Å². The number of oxazole rings is 1. The molecular weight excluding hydrogens is 456 g/mol. The molecule has 1 aromatic heterocycles. The molecule has 1 atom stereocenters. The molecule has 1 heterocycles. The third-order valence-corrected chi connectivity index (χ3v) is 5.13. The van der Waals surface area contributed by atoms with Crippen molar-refractivity contribution in [3.63, 3.8) is 0 Å². The molecule has 2 N–H and O–H groups in total. The smallest absolute Gasteiger partial charge is 0.399 e. The number of nitrogens with one attached hydrogen (secondary N) is 2. The van der Waals surface area contributed by atoms with Gasteiger partial charge in [0.2, 0.25) is 10.0 Å². The Balaban J connectivity index is 1.68. The van der Waals surface area contributed by atoms with Gasteiger partial charge in [-0.25, -0.2) is 17.2 Å². The lowest BCUT2D eigenvalue weighted by Gasteiger charge is -2.15. The fraction of sp³-hybridized carbons (Fsp3) is 0.273. The van der Waals surface area contributed by atoms with E-state index in [1.54, 1.807) is 10.8 Å². The highest BCUT2D eigenvalue weighted by atomic mass is 32.2. The number of hydrogen-bond donors (Lipinski definition) is 2. The second-order valence-electron chi connectivity index (χ2n) is 7.43. The molecule has 3 rings (SSSR count). The number of aromatic nitrogens is 1. The van der Waals surface area contributed by atoms with Gasteiger partial charge in [0.05, 0.1) is 12.3 Å². The van der Waals surface area contributed by atoms with Crippen LogP contribution < -0.4 is 14.8 Å². The van der Waals surface area contributed by atoms with Crippen molar-refractivity contribution < 1.29 is 31.1 Å². The zero-order valence-corrected chi connectivity index (χ0v) is 19.0. The molecule has 8 nitrogen and oxygen atoms in total. The van der Waals surface area contributed by atoms with Crippen molar-refractivity contribution in [3.8, 4) is 11.8 Å². The molecule has 11 heteroatoms. The van der Waals surface area contributed by atoms with E-state index in [0.717, 1.165) is 43.1 Å². The van der Waals surface area contributed by atoms with Gasteiger partial charge in [0.15, 0.2) is 17.3 Å². The van der Waals surface area contributed by atoms with Crippen LogP contribution >= 0.6 is 0 Å². The van der Waals surface area contributed by atoms with E-state index in [-0.39, 0.29) is 17.3 Å². The maximum Gasteiger partial charge on any atom is 0.399 e. The molecular formula is C22H23F2N3O5S. The molecule has 1 amide bonds. The molecule has 0 spiro atoms. The largest absolute Gasteiger partial charge is 0.416 e. The Hall–Kier alpha value is -3.47. The van der Waals surface area contributed by atoms with Crippen LogP contribution in [0, 0.1) is 11.6 Å². The molecule has 0 unspecified atom stereocenters. The monoisotopic (exact) mass is 479 g/mol. The molecule has 0 bridgehead atoms. The summed E-state index contributed by atoms with van der Waals surface area (Å²) in [6.07, 6.45) is 3.62. The zero-order chi connectivity index (χ0) is 24.2. The van der Waals surface area contributed by atoms with Crippen LogP contribution in [0.5, 0.6) is 11.8 Å². The van der Waals surface area contributed by atoms with Gasteiger partial charge < -0.3 is 14.5 Å². The number of benzene rings is 2. The third-order valence-electron chi connectivity index (χ3n) is 4.56. The predicted molar refractivity (Wildman–Crippen MR) is 118 cm³/mol. The van der Waals surface area contributed by atoms with Crippen molar-refractivity contribution >= 4 is 21.6 Å². The molecule has 2 aromatic carbocycles. The van der Waals surface area contributed by atoms with E-state index in [2.05, 4.69) is 17.2 Å². The molecule has 0 saturated heterocycles. The van der Waals surface area contributed by atoms with E-state index in [1.165, 1.54) is 6.92 Å². The first-order valence-electron chi connectivity index (χ1n) is 10.1. The normalized spacial score (nSPS) is 12.3. The van der Waals surface area contributed by atoms with Crippen LogP contribution in [0.3, 0.4) is 0 Å². The maximum atomic E-state index is 14.2. The first-order chi connectivity index (χ1) is 15.6. The molecule has 0 aliphatic rings. The van der Waals surface area contributed by atoms with Gasteiger partial charge in [-0.2, -0.15) is 4.98 Å². The van der Waals surface area contributed by atoms with Gasteiger partial charge in [-0.3, -0.25) is 9.52 Å². The number of anilines is 1. The van der Waals surface area contributed by atoms with Crippen LogP contribution in [0.2, 0.25) is 0 Å². The van der Waals surface area contributed by atoms with Crippen LogP contribution in [-0.4, -0.2) is 25.6 Å². The Morgan fingerprint density at radius 2 is 1.91 bits per heavy atom. The highest BCUT2D eigenvalue weighted by Crippen LogP contribution is 2.26. The average Bonchev–Trinajstić information content (AvgIpc) is 3.19. The van der Waals surface area contributed by atoms with Crippen LogP contribution in [0.25, 0.3) is 0 Å². The maximum absolute atomic E-state index is 14.2. The number of aryl methyl sites for hydroxylation is 1. The van der Waals surface area contributed by atoms with Gasteiger partial charge in [0, 0.05) is 0 Å². The van der Waals surface area contributed by atoms with Gasteiger partial charge in [-0.05, 0) is 48.7 Å². The lowest BCUT2D eigenvalue weighted by molar-refractivity contribution is 0.0934. The summed E-state index contributed by atoms with van der Waals surface area (Å²) in [5.74, 6) is -2.37. The SMILES string of the molecule is CCCc1cccc(Oc2nc(C(=O)N[C@H](C)c3cc(F)c(NS(C)(=O)=O)c(F)c3)co2)c1. The number of carbonyl (C=O) groups is 1. The minimum Gasteiger partial charge on any atom is -0.416 e. The van der Waals surface area contributed by atoms with Gasteiger partial charge in [-0.1, -0.05) is 25.5 Å². The number of ether oxygens (including phenoxy) is 1. The van der Waals surface area contributed by atoms with Crippen LogP contribution in [0.4, 0.5) is 14.5 Å². The van der Waals surface area contributed by atoms with E-state index in [1.807, 2.05) is 18.2 Å². The number of sulfonamides is 1. The second kappa shape index (κ2) is 9.99. The number of rotatable bonds is 9. The minimum atomic E-state index is -3.87. The third kappa shape index (κ3) is 6.51. The summed E-state index contributed by atoms with van der Waals surface area (Å²) in [7, 11) is -3.87. The number of nitrogens with zero attached hydrogens (tertiary/aromatic N) is 1.